The van der Waals surface area contributed by atoms with E-state index >= 15 is 0 Å². The molecule has 0 aliphatic carbocycles. The zero-order chi connectivity index (χ0) is 92.7. The number of aromatic hydroxyl groups is 10. The van der Waals surface area contributed by atoms with Crippen molar-refractivity contribution >= 4 is 86.0 Å². The molecule has 0 saturated heterocycles. The van der Waals surface area contributed by atoms with E-state index in [1.54, 1.807) is 60.7 Å². The van der Waals surface area contributed by atoms with E-state index in [4.69, 9.17) is 61.1 Å². The van der Waals surface area contributed by atoms with Crippen molar-refractivity contribution < 1.29 is 51.1 Å². The van der Waals surface area contributed by atoms with Gasteiger partial charge in [0.15, 0.2) is 57.5 Å². The molecule has 0 saturated carbocycles. The minimum Gasteiger partial charge on any atom is -0.504 e. The Morgan fingerprint density at radius 2 is 0.531 bits per heavy atom. The highest BCUT2D eigenvalue weighted by Crippen LogP contribution is 2.44. The lowest BCUT2D eigenvalue weighted by atomic mass is 9.85. The monoisotopic (exact) mass is 1840 g/mol. The Balaban J connectivity index is 0.000000147. The Bertz CT molecular complexity index is 5570. The predicted molar refractivity (Wildman–Crippen MR) is 546 cm³/mol. The molecular formula is C110H127N5O10S5. The van der Waals surface area contributed by atoms with E-state index in [-0.39, 0.29) is 69.6 Å². The van der Waals surface area contributed by atoms with Gasteiger partial charge in [-0.15, -0.1) is 0 Å². The largest absolute Gasteiger partial charge is 0.504 e. The SMILES string of the molecule is Cc1ccc(CCCC(=S)N2CCc3cc(O)c(O)cc3C2)cc1.Cc1ccc(CCCC(=S)N2CCc3cc(O)c(O)cc3C2)cc1.Cc1ccc(CCCC(=S)N2CCc3cc(O)c(O)cc3C2C(C)C)cc1.Cc1ccc(CCCC(=S)N2CCc3cc(O)c(O)cc3C2c2ccccc2)cc1.Cc1ccc(CCCCC(=S)N2CCc3cc(O)c(O)cc3C2)cc1. The number of nitrogens with zero attached hydrogens (tertiary/aromatic N) is 5. The number of unbranched alkanes of at least 4 members (excludes halogenated alkanes) is 1. The lowest BCUT2D eigenvalue weighted by molar-refractivity contribution is 0.235. The zero-order valence-electron chi connectivity index (χ0n) is 76.2. The first kappa shape index (κ1) is 97.9. The van der Waals surface area contributed by atoms with Gasteiger partial charge in [-0.2, -0.15) is 0 Å². The van der Waals surface area contributed by atoms with Gasteiger partial charge in [-0.3, -0.25) is 0 Å². The molecule has 5 heterocycles. The normalized spacial score (nSPS) is 14.7. The molecule has 0 bridgehead atoms. The molecule has 2 unspecified atom stereocenters. The standard InChI is InChI=1S/C26H27NO2S.C23H29NO2S.C21H25NO2S.2C20H23NO2S/c1-18-10-12-19(13-11-18)6-5-9-25(30)27-15-14-21-16-23(28)24(29)17-22(21)26(27)20-7-3-2-4-8-20;1-15(2)23-19-14-21(26)20(25)13-18(19)11-12-24(23)22(27)6-4-5-17-9-7-16(3)8-10-17;1-15-6-8-16(9-7-15)4-2-3-5-21(25)22-11-10-17-12-19(23)20(24)13-18(17)14-22;2*1-14-5-7-15(8-6-14)3-2-4-20(24)21-10-9-16-11-18(22)19(23)12-17(16)13-21/h2-4,7-8,10-13,16-17,26,28-29H,5-6,9,14-15H2,1H3;7-10,13-15,23,25-26H,4-6,11-12H2,1-3H3;6-9,12-13,23-24H,2-5,10-11,14H2,1H3;2*5-8,11-12,22-23H,2-4,9-10,13H2,1H3. The van der Waals surface area contributed by atoms with Gasteiger partial charge in [-0.05, 0) is 325 Å². The summed E-state index contributed by atoms with van der Waals surface area (Å²) < 4.78 is 0. The van der Waals surface area contributed by atoms with Gasteiger partial charge in [0.25, 0.3) is 0 Å². The van der Waals surface area contributed by atoms with Crippen molar-refractivity contribution in [3.63, 3.8) is 0 Å². The van der Waals surface area contributed by atoms with Crippen molar-refractivity contribution in [3.8, 4) is 57.5 Å². The summed E-state index contributed by atoms with van der Waals surface area (Å²) in [6.45, 7) is 21.4. The van der Waals surface area contributed by atoms with Gasteiger partial charge in [-0.25, -0.2) is 0 Å². The Morgan fingerprint density at radius 3 is 0.862 bits per heavy atom. The van der Waals surface area contributed by atoms with Crippen molar-refractivity contribution in [2.45, 2.75) is 215 Å². The summed E-state index contributed by atoms with van der Waals surface area (Å²) in [6.07, 6.45) is 20.3. The molecule has 5 aliphatic heterocycles. The van der Waals surface area contributed by atoms with E-state index in [1.807, 2.05) is 18.2 Å². The van der Waals surface area contributed by atoms with Crippen LogP contribution >= 0.6 is 61.1 Å². The number of phenols is 10. The van der Waals surface area contributed by atoms with Gasteiger partial charge in [0.2, 0.25) is 0 Å². The maximum Gasteiger partial charge on any atom is 0.157 e. The van der Waals surface area contributed by atoms with Crippen LogP contribution in [0, 0.1) is 40.5 Å². The molecule has 5 aliphatic rings. The van der Waals surface area contributed by atoms with Crippen LogP contribution in [0.4, 0.5) is 0 Å². The van der Waals surface area contributed by atoms with Gasteiger partial charge >= 0.3 is 0 Å². The maximum absolute atomic E-state index is 10.2. The summed E-state index contributed by atoms with van der Waals surface area (Å²) >= 11 is 28.5. The van der Waals surface area contributed by atoms with Crippen LogP contribution < -0.4 is 0 Å². The van der Waals surface area contributed by atoms with Crippen LogP contribution in [0.15, 0.2) is 212 Å². The van der Waals surface area contributed by atoms with Gasteiger partial charge < -0.3 is 75.6 Å². The first-order chi connectivity index (χ1) is 62.5. The fraction of sp³-hybridized carbons (Fsp3) is 0.355. The third-order valence-corrected chi connectivity index (χ3v) is 27.7. The van der Waals surface area contributed by atoms with Crippen molar-refractivity contribution in [1.29, 1.82) is 0 Å². The minimum absolute atomic E-state index is 0.0362. The average molecular weight is 1840 g/mol. The Kier molecular flexibility index (Phi) is 35.5. The van der Waals surface area contributed by atoms with Gasteiger partial charge in [0.1, 0.15) is 0 Å². The molecule has 0 radical (unpaired) electrons. The Hall–Kier alpha value is -11.1. The highest BCUT2D eigenvalue weighted by Gasteiger charge is 2.34. The summed E-state index contributed by atoms with van der Waals surface area (Å²) in [5, 5.41) is 97.8. The Labute approximate surface area is 796 Å². The van der Waals surface area contributed by atoms with Crippen LogP contribution in [0.3, 0.4) is 0 Å². The number of phenolic OH excluding ortho intramolecular Hbond substituents is 10. The lowest BCUT2D eigenvalue weighted by Crippen LogP contribution is -2.41. The third-order valence-electron chi connectivity index (χ3n) is 25.5. The molecule has 682 valence electrons. The van der Waals surface area contributed by atoms with E-state index in [0.717, 1.165) is 260 Å². The summed E-state index contributed by atoms with van der Waals surface area (Å²) in [5.74, 6) is -0.139. The minimum atomic E-state index is -0.0816. The summed E-state index contributed by atoms with van der Waals surface area (Å²) in [4.78, 5) is 16.2. The highest BCUT2D eigenvalue weighted by atomic mass is 32.1. The summed E-state index contributed by atoms with van der Waals surface area (Å²) in [7, 11) is 0. The number of thiocarbonyl (C=S) groups is 5. The van der Waals surface area contributed by atoms with Crippen molar-refractivity contribution in [2.24, 2.45) is 5.92 Å². The van der Waals surface area contributed by atoms with E-state index in [2.05, 4.69) is 206 Å². The first-order valence-corrected chi connectivity index (χ1v) is 48.0. The number of aryl methyl sites for hydroxylation is 10. The highest BCUT2D eigenvalue weighted by molar-refractivity contribution is 7.81. The molecule has 0 amide bonds. The number of rotatable bonds is 23. The van der Waals surface area contributed by atoms with Crippen LogP contribution in [0.25, 0.3) is 0 Å². The van der Waals surface area contributed by atoms with Gasteiger partial charge in [-0.1, -0.05) is 254 Å². The fourth-order valence-corrected chi connectivity index (χ4v) is 19.5. The summed E-state index contributed by atoms with van der Waals surface area (Å²) in [5.41, 5.74) is 25.1. The number of hydrogen-bond donors (Lipinski definition) is 10. The van der Waals surface area contributed by atoms with Crippen molar-refractivity contribution in [3.05, 3.63) is 329 Å². The van der Waals surface area contributed by atoms with Crippen molar-refractivity contribution in [1.82, 2.24) is 24.5 Å². The van der Waals surface area contributed by atoms with Crippen LogP contribution in [-0.4, -0.2) is 133 Å². The van der Waals surface area contributed by atoms with Crippen molar-refractivity contribution in [2.75, 3.05) is 32.7 Å². The van der Waals surface area contributed by atoms with E-state index in [0.29, 0.717) is 19.0 Å². The van der Waals surface area contributed by atoms with E-state index in [1.165, 1.54) is 55.6 Å². The molecule has 130 heavy (non-hydrogen) atoms. The van der Waals surface area contributed by atoms with Crippen LogP contribution in [0.1, 0.15) is 213 Å². The third kappa shape index (κ3) is 27.5. The molecule has 0 aromatic heterocycles. The molecule has 20 heteroatoms. The second-order valence-electron chi connectivity index (χ2n) is 35.8. The second-order valence-corrected chi connectivity index (χ2v) is 38.2. The number of fused-ring (bicyclic) bond motifs is 5. The molecule has 11 aromatic carbocycles. The number of hydrogen-bond acceptors (Lipinski definition) is 15. The quantitative estimate of drug-likeness (QED) is 0.0164. The molecular weight excluding hydrogens is 1710 g/mol. The lowest BCUT2D eigenvalue weighted by Gasteiger charge is -2.41. The molecule has 2 atom stereocenters. The van der Waals surface area contributed by atoms with E-state index in [9.17, 15) is 51.1 Å². The molecule has 10 N–H and O–H groups in total. The first-order valence-electron chi connectivity index (χ1n) is 45.9. The number of benzene rings is 11. The molecule has 11 aromatic rings. The molecule has 15 nitrogen and oxygen atoms in total. The van der Waals surface area contributed by atoms with Gasteiger partial charge in [0.05, 0.1) is 37.0 Å². The maximum atomic E-state index is 10.2. The van der Waals surface area contributed by atoms with Crippen LogP contribution in [-0.2, 0) is 83.8 Å². The van der Waals surface area contributed by atoms with E-state index < -0.39 is 0 Å². The summed E-state index contributed by atoms with van der Waals surface area (Å²) in [6, 6.07) is 70.7. The average Bonchev–Trinajstić information content (AvgIpc) is 0.764. The van der Waals surface area contributed by atoms with Crippen LogP contribution in [0.2, 0.25) is 0 Å². The van der Waals surface area contributed by atoms with Crippen LogP contribution in [0.5, 0.6) is 57.5 Å². The second kappa shape index (κ2) is 47.1. The topological polar surface area (TPSA) is 218 Å². The molecule has 0 spiro atoms. The fourth-order valence-electron chi connectivity index (χ4n) is 17.9. The Morgan fingerprint density at radius 1 is 0.277 bits per heavy atom. The predicted octanol–water partition coefficient (Wildman–Crippen LogP) is 23.7. The zero-order valence-corrected chi connectivity index (χ0v) is 80.3. The van der Waals surface area contributed by atoms with Gasteiger partial charge in [0, 0.05) is 52.4 Å². The smallest absolute Gasteiger partial charge is 0.157 e. The molecule has 0 fully saturated rings. The molecule has 16 rings (SSSR count).